The average Bonchev–Trinajstić information content (AvgIpc) is 3.28. The molecule has 0 aliphatic carbocycles. The van der Waals surface area contributed by atoms with E-state index in [2.05, 4.69) is 4.72 Å². The van der Waals surface area contributed by atoms with Crippen molar-refractivity contribution in [1.82, 2.24) is 14.5 Å². The minimum Gasteiger partial charge on any atom is -0.480 e. The van der Waals surface area contributed by atoms with Crippen molar-refractivity contribution < 1.29 is 27.9 Å². The zero-order valence-electron chi connectivity index (χ0n) is 20.1. The lowest BCUT2D eigenvalue weighted by atomic mass is 9.94. The molecule has 10 heteroatoms. The highest BCUT2D eigenvalue weighted by Gasteiger charge is 2.39. The van der Waals surface area contributed by atoms with Gasteiger partial charge in [0.25, 0.3) is 0 Å². The molecule has 0 saturated carbocycles. The normalized spacial score (nSPS) is 20.5. The van der Waals surface area contributed by atoms with Gasteiger partial charge in [0.1, 0.15) is 12.1 Å². The number of nitrogens with zero attached hydrogens (tertiary/aromatic N) is 2. The Morgan fingerprint density at radius 2 is 1.68 bits per heavy atom. The van der Waals surface area contributed by atoms with Gasteiger partial charge in [-0.1, -0.05) is 31.5 Å². The Balaban J connectivity index is 1.65. The van der Waals surface area contributed by atoms with Gasteiger partial charge in [-0.2, -0.15) is 4.72 Å². The van der Waals surface area contributed by atoms with Gasteiger partial charge in [-0.3, -0.25) is 9.59 Å². The first-order chi connectivity index (χ1) is 16.0. The van der Waals surface area contributed by atoms with E-state index >= 15 is 0 Å². The molecule has 34 heavy (non-hydrogen) atoms. The summed E-state index contributed by atoms with van der Waals surface area (Å²) in [4.78, 5) is 40.8. The molecule has 9 nitrogen and oxygen atoms in total. The maximum atomic E-state index is 13.3. The summed E-state index contributed by atoms with van der Waals surface area (Å²) in [6.07, 6.45) is 2.38. The van der Waals surface area contributed by atoms with Crippen LogP contribution in [0.5, 0.6) is 0 Å². The van der Waals surface area contributed by atoms with Gasteiger partial charge in [-0.05, 0) is 57.1 Å². The molecule has 2 unspecified atom stereocenters. The van der Waals surface area contributed by atoms with Crippen molar-refractivity contribution in [3.63, 3.8) is 0 Å². The van der Waals surface area contributed by atoms with E-state index in [1.807, 2.05) is 20.8 Å². The van der Waals surface area contributed by atoms with Gasteiger partial charge in [0.15, 0.2) is 0 Å². The van der Waals surface area contributed by atoms with Gasteiger partial charge in [-0.15, -0.1) is 0 Å². The Morgan fingerprint density at radius 1 is 1.06 bits per heavy atom. The van der Waals surface area contributed by atoms with Crippen molar-refractivity contribution in [2.45, 2.75) is 69.9 Å². The predicted octanol–water partition coefficient (Wildman–Crippen LogP) is 2.00. The van der Waals surface area contributed by atoms with Crippen LogP contribution in [0.3, 0.4) is 0 Å². The number of amides is 2. The molecule has 2 N–H and O–H groups in total. The third-order valence-corrected chi connectivity index (χ3v) is 8.10. The fraction of sp³-hybridized carbons (Fsp3) is 0.625. The van der Waals surface area contributed by atoms with E-state index in [0.29, 0.717) is 51.7 Å². The van der Waals surface area contributed by atoms with Crippen LogP contribution < -0.4 is 4.72 Å². The fourth-order valence-corrected chi connectivity index (χ4v) is 5.93. The first kappa shape index (κ1) is 26.2. The molecule has 2 heterocycles. The van der Waals surface area contributed by atoms with Crippen molar-refractivity contribution in [3.05, 3.63) is 29.8 Å². The number of nitrogens with one attached hydrogen (secondary N) is 1. The molecular formula is C24H35N3O6S. The summed E-state index contributed by atoms with van der Waals surface area (Å²) in [7, 11) is -3.87. The number of hydrogen-bond donors (Lipinski definition) is 2. The van der Waals surface area contributed by atoms with E-state index in [9.17, 15) is 27.9 Å². The van der Waals surface area contributed by atoms with Crippen LogP contribution in [0.25, 0.3) is 0 Å². The van der Waals surface area contributed by atoms with Crippen LogP contribution in [0.2, 0.25) is 0 Å². The molecule has 2 fully saturated rings. The summed E-state index contributed by atoms with van der Waals surface area (Å²) in [5.74, 6) is -1.65. The van der Waals surface area contributed by atoms with E-state index in [1.165, 1.54) is 17.0 Å². The van der Waals surface area contributed by atoms with Crippen molar-refractivity contribution in [3.8, 4) is 0 Å². The summed E-state index contributed by atoms with van der Waals surface area (Å²) in [5, 5.41) is 9.36. The molecule has 1 aromatic carbocycles. The van der Waals surface area contributed by atoms with Gasteiger partial charge < -0.3 is 14.9 Å². The largest absolute Gasteiger partial charge is 0.480 e. The average molecular weight is 494 g/mol. The molecule has 0 bridgehead atoms. The van der Waals surface area contributed by atoms with Crippen LogP contribution in [-0.4, -0.2) is 72.8 Å². The van der Waals surface area contributed by atoms with E-state index in [1.54, 1.807) is 17.0 Å². The number of carbonyl (C=O) groups is 3. The number of aliphatic carboxylic acids is 1. The number of benzene rings is 1. The highest BCUT2D eigenvalue weighted by atomic mass is 32.2. The Kier molecular flexibility index (Phi) is 8.35. The third kappa shape index (κ3) is 6.15. The molecule has 0 spiro atoms. The lowest BCUT2D eigenvalue weighted by Gasteiger charge is -2.36. The second-order valence-corrected chi connectivity index (χ2v) is 11.5. The number of carboxylic acids is 1. The summed E-state index contributed by atoms with van der Waals surface area (Å²) < 4.78 is 28.4. The second kappa shape index (κ2) is 10.9. The molecule has 2 atom stereocenters. The lowest BCUT2D eigenvalue weighted by molar-refractivity contribution is -0.151. The SMILES string of the molecule is Cc1ccc(S(=O)(=O)NC(CC(C)C)C(=O)N2CCC(C(=O)N3CCCC3C(=O)O)CC2)cc1. The van der Waals surface area contributed by atoms with Crippen LogP contribution in [-0.2, 0) is 24.4 Å². The summed E-state index contributed by atoms with van der Waals surface area (Å²) >= 11 is 0. The van der Waals surface area contributed by atoms with Crippen molar-refractivity contribution in [2.75, 3.05) is 19.6 Å². The number of likely N-dealkylation sites (tertiary alicyclic amines) is 2. The molecule has 2 saturated heterocycles. The molecule has 2 aliphatic rings. The van der Waals surface area contributed by atoms with Crippen LogP contribution in [0.4, 0.5) is 0 Å². The molecule has 3 rings (SSSR count). The van der Waals surface area contributed by atoms with Gasteiger partial charge in [0, 0.05) is 25.6 Å². The van der Waals surface area contributed by atoms with Crippen LogP contribution in [0.15, 0.2) is 29.2 Å². The number of aryl methyl sites for hydroxylation is 1. The Morgan fingerprint density at radius 3 is 2.24 bits per heavy atom. The maximum Gasteiger partial charge on any atom is 0.326 e. The molecule has 2 aliphatic heterocycles. The quantitative estimate of drug-likeness (QED) is 0.571. The molecule has 1 aromatic rings. The second-order valence-electron chi connectivity index (χ2n) is 9.74. The monoisotopic (exact) mass is 493 g/mol. The highest BCUT2D eigenvalue weighted by Crippen LogP contribution is 2.26. The molecule has 0 radical (unpaired) electrons. The van der Waals surface area contributed by atoms with Crippen LogP contribution >= 0.6 is 0 Å². The third-order valence-electron chi connectivity index (χ3n) is 6.61. The van der Waals surface area contributed by atoms with Gasteiger partial charge in [0.05, 0.1) is 4.90 Å². The van der Waals surface area contributed by atoms with Gasteiger partial charge >= 0.3 is 5.97 Å². The number of rotatable bonds is 8. The summed E-state index contributed by atoms with van der Waals surface area (Å²) in [5.41, 5.74) is 0.940. The van der Waals surface area contributed by atoms with Gasteiger partial charge in [0.2, 0.25) is 21.8 Å². The number of sulfonamides is 1. The molecule has 0 aromatic heterocycles. The van der Waals surface area contributed by atoms with Crippen LogP contribution in [0, 0.1) is 18.8 Å². The van der Waals surface area contributed by atoms with E-state index in [4.69, 9.17) is 0 Å². The van der Waals surface area contributed by atoms with Crippen molar-refractivity contribution >= 4 is 27.8 Å². The smallest absolute Gasteiger partial charge is 0.326 e. The highest BCUT2D eigenvalue weighted by molar-refractivity contribution is 7.89. The van der Waals surface area contributed by atoms with Crippen molar-refractivity contribution in [2.24, 2.45) is 11.8 Å². The van der Waals surface area contributed by atoms with Crippen LogP contribution in [0.1, 0.15) is 51.5 Å². The first-order valence-electron chi connectivity index (χ1n) is 11.9. The Bertz CT molecular complexity index is 1000. The fourth-order valence-electron chi connectivity index (χ4n) is 4.73. The maximum absolute atomic E-state index is 13.3. The Hall–Kier alpha value is -2.46. The number of hydrogen-bond acceptors (Lipinski definition) is 5. The summed E-state index contributed by atoms with van der Waals surface area (Å²) in [6.45, 7) is 6.85. The Labute approximate surface area is 201 Å². The number of carboxylic acid groups (broad SMARTS) is 1. The molecule has 188 valence electrons. The van der Waals surface area contributed by atoms with Crippen molar-refractivity contribution in [1.29, 1.82) is 0 Å². The first-order valence-corrected chi connectivity index (χ1v) is 13.4. The lowest BCUT2D eigenvalue weighted by Crippen LogP contribution is -2.52. The van der Waals surface area contributed by atoms with E-state index < -0.39 is 28.1 Å². The number of carbonyl (C=O) groups excluding carboxylic acids is 2. The molecule has 2 amide bonds. The van der Waals surface area contributed by atoms with E-state index in [0.717, 1.165) is 5.56 Å². The van der Waals surface area contributed by atoms with Gasteiger partial charge in [-0.25, -0.2) is 13.2 Å². The molecular weight excluding hydrogens is 458 g/mol. The minimum atomic E-state index is -3.87. The summed E-state index contributed by atoms with van der Waals surface area (Å²) in [6, 6.07) is 4.81. The standard InChI is InChI=1S/C24H35N3O6S/c1-16(2)15-20(25-34(32,33)19-8-6-17(3)7-9-19)23(29)26-13-10-18(11-14-26)22(28)27-12-4-5-21(27)24(30)31/h6-9,16,18,20-21,25H,4-5,10-15H2,1-3H3,(H,30,31). The van der Waals surface area contributed by atoms with E-state index in [-0.39, 0.29) is 28.5 Å². The number of piperidine rings is 1. The minimum absolute atomic E-state index is 0.0944. The topological polar surface area (TPSA) is 124 Å². The zero-order chi connectivity index (χ0) is 25.0. The zero-order valence-corrected chi connectivity index (χ0v) is 20.9. The predicted molar refractivity (Wildman–Crippen MR) is 126 cm³/mol.